The summed E-state index contributed by atoms with van der Waals surface area (Å²) < 4.78 is 0. The van der Waals surface area contributed by atoms with Gasteiger partial charge in [0.05, 0.1) is 18.7 Å². The fourth-order valence-electron chi connectivity index (χ4n) is 4.44. The molecule has 204 valence electrons. The number of carboxylic acids is 1. The topological polar surface area (TPSA) is 183 Å². The van der Waals surface area contributed by atoms with E-state index in [2.05, 4.69) is 27.2 Å². The van der Waals surface area contributed by atoms with Crippen LogP contribution in [-0.2, 0) is 11.2 Å². The smallest absolute Gasteiger partial charge is 0.328 e. The monoisotopic (exact) mass is 514 g/mol. The lowest BCUT2D eigenvalue weighted by Crippen LogP contribution is -2.28. The van der Waals surface area contributed by atoms with Crippen molar-refractivity contribution in [2.75, 3.05) is 11.9 Å². The number of nitrogens with one attached hydrogen (secondary N) is 3. The molecule has 0 spiro atoms. The van der Waals surface area contributed by atoms with Crippen molar-refractivity contribution < 1.29 is 15.0 Å². The fraction of sp³-hybridized carbons (Fsp3) is 0.519. The van der Waals surface area contributed by atoms with Crippen molar-refractivity contribution in [3.8, 4) is 0 Å². The van der Waals surface area contributed by atoms with Crippen molar-refractivity contribution in [2.24, 2.45) is 22.4 Å². The molecule has 0 radical (unpaired) electrons. The standard InChI is InChI=1S/C27H42N6O4/c1-2-3-7-22(34)8-4-6-19(15-20-11-13-25(35)31-17-20)10-12-23(33-24-9-5-14-30-24)21(16-26(36)37)18-32-27(28)29/h5,9,11,13-14,16-17,19,22-23,30,33-34H,2-4,6-8,10,12,15,18H2,1H3,(H,31,35)(H,36,37)(H4,28,29,32)/b21-16+/t19-,22+,23-/m1/s1. The molecule has 2 heterocycles. The number of H-pyrrole nitrogens is 2. The quantitative estimate of drug-likeness (QED) is 0.0905. The number of aliphatic imine (C=N–C) groups is 1. The molecule has 0 unspecified atom stereocenters. The summed E-state index contributed by atoms with van der Waals surface area (Å²) in [5.41, 5.74) is 12.5. The second-order valence-electron chi connectivity index (χ2n) is 9.51. The van der Waals surface area contributed by atoms with Gasteiger partial charge in [-0.3, -0.25) is 4.79 Å². The summed E-state index contributed by atoms with van der Waals surface area (Å²) >= 11 is 0. The van der Waals surface area contributed by atoms with Gasteiger partial charge < -0.3 is 37.0 Å². The van der Waals surface area contributed by atoms with Crippen LogP contribution in [0.3, 0.4) is 0 Å². The molecule has 0 bridgehead atoms. The van der Waals surface area contributed by atoms with Gasteiger partial charge in [0.2, 0.25) is 5.56 Å². The first-order chi connectivity index (χ1) is 17.8. The van der Waals surface area contributed by atoms with Crippen LogP contribution in [0.5, 0.6) is 0 Å². The molecule has 3 atom stereocenters. The van der Waals surface area contributed by atoms with E-state index in [1.807, 2.05) is 18.2 Å². The highest BCUT2D eigenvalue weighted by Crippen LogP contribution is 2.25. The molecule has 0 fully saturated rings. The number of hydrogen-bond acceptors (Lipinski definition) is 5. The molecule has 0 amide bonds. The largest absolute Gasteiger partial charge is 0.478 e. The van der Waals surface area contributed by atoms with Gasteiger partial charge in [0, 0.05) is 24.5 Å². The van der Waals surface area contributed by atoms with Crippen molar-refractivity contribution in [2.45, 2.75) is 76.9 Å². The number of nitrogens with two attached hydrogens (primary N) is 2. The maximum absolute atomic E-state index is 11.6. The first-order valence-corrected chi connectivity index (χ1v) is 13.0. The number of anilines is 1. The normalized spacial score (nSPS) is 14.1. The number of hydrogen-bond donors (Lipinski definition) is 7. The van der Waals surface area contributed by atoms with Crippen molar-refractivity contribution in [1.82, 2.24) is 9.97 Å². The summed E-state index contributed by atoms with van der Waals surface area (Å²) in [5.74, 6) is -0.133. The van der Waals surface area contributed by atoms with Crippen molar-refractivity contribution >= 4 is 17.7 Å². The Morgan fingerprint density at radius 2 is 1.89 bits per heavy atom. The summed E-state index contributed by atoms with van der Waals surface area (Å²) in [5, 5.41) is 23.1. The molecule has 9 N–H and O–H groups in total. The number of pyridine rings is 1. The summed E-state index contributed by atoms with van der Waals surface area (Å²) in [4.78, 5) is 33.0. The van der Waals surface area contributed by atoms with Gasteiger partial charge >= 0.3 is 5.97 Å². The van der Waals surface area contributed by atoms with E-state index in [1.54, 1.807) is 12.4 Å². The average Bonchev–Trinajstić information content (AvgIpc) is 3.37. The van der Waals surface area contributed by atoms with Crippen LogP contribution in [0.1, 0.15) is 63.9 Å². The van der Waals surface area contributed by atoms with Crippen LogP contribution in [-0.4, -0.2) is 50.8 Å². The SMILES string of the molecule is CCCC[C@H](O)CCC[C@H](CC[C@@H](Nc1ccc[nH]1)/C(=C/C(=O)O)CN=C(N)N)Cc1ccc(=O)[nH]c1. The number of aliphatic hydroxyl groups excluding tert-OH is 1. The Hall–Kier alpha value is -3.53. The highest BCUT2D eigenvalue weighted by atomic mass is 16.4. The number of aliphatic hydroxyl groups is 1. The Balaban J connectivity index is 2.17. The Morgan fingerprint density at radius 3 is 2.51 bits per heavy atom. The number of guanidine groups is 1. The maximum Gasteiger partial charge on any atom is 0.328 e. The van der Waals surface area contributed by atoms with Crippen LogP contribution in [0.25, 0.3) is 0 Å². The molecule has 37 heavy (non-hydrogen) atoms. The molecular formula is C27H42N6O4. The van der Waals surface area contributed by atoms with E-state index in [4.69, 9.17) is 11.5 Å². The molecule has 10 heteroatoms. The van der Waals surface area contributed by atoms with Gasteiger partial charge in [-0.15, -0.1) is 0 Å². The number of aromatic nitrogens is 2. The van der Waals surface area contributed by atoms with Crippen LogP contribution in [0.4, 0.5) is 5.82 Å². The van der Waals surface area contributed by atoms with E-state index < -0.39 is 5.97 Å². The molecular weight excluding hydrogens is 472 g/mol. The predicted molar refractivity (Wildman–Crippen MR) is 147 cm³/mol. The van der Waals surface area contributed by atoms with Gasteiger partial charge in [0.15, 0.2) is 5.96 Å². The number of aromatic amines is 2. The molecule has 0 aliphatic carbocycles. The number of carbonyl (C=O) groups is 1. The minimum absolute atomic E-state index is 0.0707. The van der Waals surface area contributed by atoms with E-state index in [0.717, 1.165) is 68.8 Å². The molecule has 0 saturated heterocycles. The van der Waals surface area contributed by atoms with Crippen LogP contribution < -0.4 is 22.3 Å². The summed E-state index contributed by atoms with van der Waals surface area (Å²) in [7, 11) is 0. The minimum Gasteiger partial charge on any atom is -0.478 e. The summed E-state index contributed by atoms with van der Waals surface area (Å²) in [6.07, 6.45) is 12.0. The van der Waals surface area contributed by atoms with Crippen LogP contribution in [0, 0.1) is 5.92 Å². The summed E-state index contributed by atoms with van der Waals surface area (Å²) in [6.45, 7) is 2.19. The first kappa shape index (κ1) is 29.7. The molecule has 0 aromatic carbocycles. The molecule has 10 nitrogen and oxygen atoms in total. The molecule has 0 aliphatic rings. The third-order valence-electron chi connectivity index (χ3n) is 6.41. The Bertz CT molecular complexity index is 1020. The number of carboxylic acid groups (broad SMARTS) is 1. The molecule has 2 aromatic heterocycles. The van der Waals surface area contributed by atoms with E-state index >= 15 is 0 Å². The van der Waals surface area contributed by atoms with E-state index in [1.165, 1.54) is 6.07 Å². The number of nitrogens with zero attached hydrogens (tertiary/aromatic N) is 1. The van der Waals surface area contributed by atoms with Crippen molar-refractivity contribution in [3.05, 3.63) is 64.2 Å². The van der Waals surface area contributed by atoms with Crippen molar-refractivity contribution in [1.29, 1.82) is 0 Å². The van der Waals surface area contributed by atoms with E-state index in [0.29, 0.717) is 12.0 Å². The second-order valence-corrected chi connectivity index (χ2v) is 9.51. The lowest BCUT2D eigenvalue weighted by atomic mass is 9.87. The predicted octanol–water partition coefficient (Wildman–Crippen LogP) is 3.13. The molecule has 2 aromatic rings. The van der Waals surface area contributed by atoms with Crippen LogP contribution >= 0.6 is 0 Å². The Morgan fingerprint density at radius 1 is 1.11 bits per heavy atom. The number of rotatable bonds is 18. The lowest BCUT2D eigenvalue weighted by molar-refractivity contribution is -0.131. The number of unbranched alkanes of at least 4 members (excludes halogenated alkanes) is 1. The van der Waals surface area contributed by atoms with Gasteiger partial charge in [0.25, 0.3) is 0 Å². The molecule has 2 rings (SSSR count). The summed E-state index contributed by atoms with van der Waals surface area (Å²) in [6, 6.07) is 6.79. The zero-order chi connectivity index (χ0) is 27.0. The average molecular weight is 515 g/mol. The maximum atomic E-state index is 11.6. The van der Waals surface area contributed by atoms with Gasteiger partial charge in [-0.2, -0.15) is 0 Å². The van der Waals surface area contributed by atoms with Gasteiger partial charge in [0.1, 0.15) is 5.82 Å². The zero-order valence-electron chi connectivity index (χ0n) is 21.7. The van der Waals surface area contributed by atoms with Gasteiger partial charge in [-0.25, -0.2) is 9.79 Å². The van der Waals surface area contributed by atoms with Crippen molar-refractivity contribution in [3.63, 3.8) is 0 Å². The number of aliphatic carboxylic acids is 1. The third kappa shape index (κ3) is 12.3. The van der Waals surface area contributed by atoms with Gasteiger partial charge in [-0.1, -0.05) is 38.7 Å². The molecule has 0 aliphatic heterocycles. The fourth-order valence-corrected chi connectivity index (χ4v) is 4.44. The highest BCUT2D eigenvalue weighted by Gasteiger charge is 2.20. The minimum atomic E-state index is -1.06. The Labute approximate surface area is 218 Å². The highest BCUT2D eigenvalue weighted by molar-refractivity contribution is 5.81. The lowest BCUT2D eigenvalue weighted by Gasteiger charge is -2.25. The van der Waals surface area contributed by atoms with Crippen LogP contribution in [0.15, 0.2) is 58.1 Å². The van der Waals surface area contributed by atoms with E-state index in [9.17, 15) is 19.8 Å². The zero-order valence-corrected chi connectivity index (χ0v) is 21.7. The first-order valence-electron chi connectivity index (χ1n) is 13.0. The Kier molecular flexibility index (Phi) is 13.1. The molecule has 0 saturated carbocycles. The second kappa shape index (κ2) is 16.3. The van der Waals surface area contributed by atoms with Crippen LogP contribution in [0.2, 0.25) is 0 Å². The van der Waals surface area contributed by atoms with E-state index in [-0.39, 0.29) is 36.1 Å². The van der Waals surface area contributed by atoms with Gasteiger partial charge in [-0.05, 0) is 61.3 Å². The third-order valence-corrected chi connectivity index (χ3v) is 6.41.